The summed E-state index contributed by atoms with van der Waals surface area (Å²) in [6.07, 6.45) is 6.34. The standard InChI is InChI=1S/C26H32N2O3/c1-19-5-7-20(8-6-19)9-10-21-13-15-28(16-14-21)25(29)18-31-24-4-2-3-23(17-24)27-26(30)22-11-12-22/h2-8,17,21-22H,9-16,18H2,1H3,(H,27,30). The van der Waals surface area contributed by atoms with Crippen LogP contribution in [0.25, 0.3) is 0 Å². The Bertz CT molecular complexity index is 897. The van der Waals surface area contributed by atoms with Gasteiger partial charge >= 0.3 is 0 Å². The van der Waals surface area contributed by atoms with E-state index >= 15 is 0 Å². The van der Waals surface area contributed by atoms with Crippen molar-refractivity contribution in [3.05, 3.63) is 59.7 Å². The number of aryl methyl sites for hydroxylation is 2. The molecule has 164 valence electrons. The fourth-order valence-electron chi connectivity index (χ4n) is 4.09. The molecule has 2 amide bonds. The molecule has 4 rings (SSSR count). The van der Waals surface area contributed by atoms with Crippen LogP contribution < -0.4 is 10.1 Å². The third kappa shape index (κ3) is 6.33. The van der Waals surface area contributed by atoms with Crippen molar-refractivity contribution in [3.8, 4) is 5.75 Å². The van der Waals surface area contributed by atoms with Crippen molar-refractivity contribution >= 4 is 17.5 Å². The minimum Gasteiger partial charge on any atom is -0.484 e. The second-order valence-electron chi connectivity index (χ2n) is 8.93. The van der Waals surface area contributed by atoms with Gasteiger partial charge in [-0.15, -0.1) is 0 Å². The average molecular weight is 421 g/mol. The zero-order valence-electron chi connectivity index (χ0n) is 18.3. The molecular weight excluding hydrogens is 388 g/mol. The number of amides is 2. The van der Waals surface area contributed by atoms with E-state index in [4.69, 9.17) is 4.74 Å². The molecule has 5 nitrogen and oxygen atoms in total. The van der Waals surface area contributed by atoms with Gasteiger partial charge in [0.2, 0.25) is 5.91 Å². The van der Waals surface area contributed by atoms with E-state index in [0.29, 0.717) is 11.7 Å². The molecule has 0 radical (unpaired) electrons. The smallest absolute Gasteiger partial charge is 0.260 e. The van der Waals surface area contributed by atoms with E-state index in [0.717, 1.165) is 50.9 Å². The third-order valence-electron chi connectivity index (χ3n) is 6.34. The Morgan fingerprint density at radius 2 is 1.77 bits per heavy atom. The lowest BCUT2D eigenvalue weighted by Gasteiger charge is -2.32. The van der Waals surface area contributed by atoms with E-state index in [1.807, 2.05) is 23.1 Å². The molecule has 31 heavy (non-hydrogen) atoms. The highest BCUT2D eigenvalue weighted by molar-refractivity contribution is 5.94. The first-order valence-electron chi connectivity index (χ1n) is 11.4. The largest absolute Gasteiger partial charge is 0.484 e. The zero-order valence-corrected chi connectivity index (χ0v) is 18.3. The molecule has 1 saturated heterocycles. The van der Waals surface area contributed by atoms with Gasteiger partial charge < -0.3 is 15.0 Å². The summed E-state index contributed by atoms with van der Waals surface area (Å²) < 4.78 is 5.72. The number of anilines is 1. The van der Waals surface area contributed by atoms with Gasteiger partial charge in [0.05, 0.1) is 0 Å². The fourth-order valence-corrected chi connectivity index (χ4v) is 4.09. The van der Waals surface area contributed by atoms with Crippen LogP contribution in [0, 0.1) is 18.8 Å². The molecule has 1 N–H and O–H groups in total. The number of piperidine rings is 1. The second kappa shape index (κ2) is 9.99. The summed E-state index contributed by atoms with van der Waals surface area (Å²) in [5.74, 6) is 1.54. The van der Waals surface area contributed by atoms with Gasteiger partial charge in [0, 0.05) is 30.8 Å². The van der Waals surface area contributed by atoms with Crippen LogP contribution in [-0.2, 0) is 16.0 Å². The highest BCUT2D eigenvalue weighted by Gasteiger charge is 2.29. The summed E-state index contributed by atoms with van der Waals surface area (Å²) in [6.45, 7) is 3.76. The second-order valence-corrected chi connectivity index (χ2v) is 8.93. The first-order chi connectivity index (χ1) is 15.1. The van der Waals surface area contributed by atoms with Crippen LogP contribution in [0.2, 0.25) is 0 Å². The van der Waals surface area contributed by atoms with Crippen LogP contribution in [0.1, 0.15) is 43.2 Å². The molecule has 1 heterocycles. The number of hydrogen-bond acceptors (Lipinski definition) is 3. The van der Waals surface area contributed by atoms with E-state index in [2.05, 4.69) is 36.5 Å². The third-order valence-corrected chi connectivity index (χ3v) is 6.34. The molecule has 2 aromatic rings. The lowest BCUT2D eigenvalue weighted by Crippen LogP contribution is -2.41. The molecule has 1 aliphatic carbocycles. The van der Waals surface area contributed by atoms with Crippen molar-refractivity contribution in [2.45, 2.75) is 45.4 Å². The van der Waals surface area contributed by atoms with Gasteiger partial charge in [0.15, 0.2) is 6.61 Å². The fraction of sp³-hybridized carbons (Fsp3) is 0.462. The number of likely N-dealkylation sites (tertiary alicyclic amines) is 1. The minimum atomic E-state index is 0.0319. The molecule has 2 aliphatic rings. The number of nitrogens with zero attached hydrogens (tertiary/aromatic N) is 1. The number of rotatable bonds is 8. The quantitative estimate of drug-likeness (QED) is 0.679. The summed E-state index contributed by atoms with van der Waals surface area (Å²) in [6, 6.07) is 16.1. The highest BCUT2D eigenvalue weighted by atomic mass is 16.5. The molecule has 0 atom stereocenters. The maximum atomic E-state index is 12.6. The molecule has 2 aromatic carbocycles. The number of ether oxygens (including phenoxy) is 1. The molecule has 0 aromatic heterocycles. The van der Waals surface area contributed by atoms with Crippen LogP contribution in [0.15, 0.2) is 48.5 Å². The lowest BCUT2D eigenvalue weighted by molar-refractivity contribution is -0.134. The van der Waals surface area contributed by atoms with Crippen molar-refractivity contribution < 1.29 is 14.3 Å². The van der Waals surface area contributed by atoms with Crippen LogP contribution >= 0.6 is 0 Å². The summed E-state index contributed by atoms with van der Waals surface area (Å²) in [7, 11) is 0. The van der Waals surface area contributed by atoms with E-state index < -0.39 is 0 Å². The Kier molecular flexibility index (Phi) is 6.90. The number of carbonyl (C=O) groups excluding carboxylic acids is 2. The summed E-state index contributed by atoms with van der Waals surface area (Å²) >= 11 is 0. The highest BCUT2D eigenvalue weighted by Crippen LogP contribution is 2.30. The topological polar surface area (TPSA) is 58.6 Å². The summed E-state index contributed by atoms with van der Waals surface area (Å²) in [5, 5.41) is 2.91. The zero-order chi connectivity index (χ0) is 21.6. The van der Waals surface area contributed by atoms with Gasteiger partial charge in [0.25, 0.3) is 5.91 Å². The normalized spacial score (nSPS) is 16.7. The number of carbonyl (C=O) groups is 2. The predicted octanol–water partition coefficient (Wildman–Crippen LogP) is 4.59. The minimum absolute atomic E-state index is 0.0319. The van der Waals surface area contributed by atoms with Crippen molar-refractivity contribution in [2.75, 3.05) is 25.0 Å². The van der Waals surface area contributed by atoms with Crippen LogP contribution in [-0.4, -0.2) is 36.4 Å². The van der Waals surface area contributed by atoms with Crippen LogP contribution in [0.4, 0.5) is 5.69 Å². The van der Waals surface area contributed by atoms with Crippen molar-refractivity contribution in [3.63, 3.8) is 0 Å². The van der Waals surface area contributed by atoms with Gasteiger partial charge in [0.1, 0.15) is 5.75 Å². The Morgan fingerprint density at radius 3 is 2.48 bits per heavy atom. The Hall–Kier alpha value is -2.82. The van der Waals surface area contributed by atoms with E-state index in [9.17, 15) is 9.59 Å². The number of benzene rings is 2. The van der Waals surface area contributed by atoms with Crippen molar-refractivity contribution in [2.24, 2.45) is 11.8 Å². The molecule has 2 fully saturated rings. The first-order valence-corrected chi connectivity index (χ1v) is 11.4. The first kappa shape index (κ1) is 21.4. The Balaban J connectivity index is 1.18. The van der Waals surface area contributed by atoms with Crippen molar-refractivity contribution in [1.82, 2.24) is 4.90 Å². The van der Waals surface area contributed by atoms with Gasteiger partial charge in [-0.25, -0.2) is 0 Å². The summed E-state index contributed by atoms with van der Waals surface area (Å²) in [5.41, 5.74) is 3.41. The van der Waals surface area contributed by atoms with Gasteiger partial charge in [-0.1, -0.05) is 35.9 Å². The molecular formula is C26H32N2O3. The van der Waals surface area contributed by atoms with E-state index in [-0.39, 0.29) is 24.3 Å². The predicted molar refractivity (Wildman–Crippen MR) is 122 cm³/mol. The monoisotopic (exact) mass is 420 g/mol. The average Bonchev–Trinajstić information content (AvgIpc) is 3.63. The number of hydrogen-bond donors (Lipinski definition) is 1. The Labute approximate surface area is 184 Å². The molecule has 0 spiro atoms. The van der Waals surface area contributed by atoms with Gasteiger partial charge in [-0.3, -0.25) is 9.59 Å². The van der Waals surface area contributed by atoms with E-state index in [1.54, 1.807) is 6.07 Å². The SMILES string of the molecule is Cc1ccc(CCC2CCN(C(=O)COc3cccc(NC(=O)C4CC4)c3)CC2)cc1. The lowest BCUT2D eigenvalue weighted by atomic mass is 9.90. The number of nitrogens with one attached hydrogen (secondary N) is 1. The molecule has 0 unspecified atom stereocenters. The Morgan fingerprint density at radius 1 is 1.03 bits per heavy atom. The molecule has 1 aliphatic heterocycles. The summed E-state index contributed by atoms with van der Waals surface area (Å²) in [4.78, 5) is 26.4. The maximum Gasteiger partial charge on any atom is 0.260 e. The molecule has 0 bridgehead atoms. The van der Waals surface area contributed by atoms with Gasteiger partial charge in [-0.2, -0.15) is 0 Å². The van der Waals surface area contributed by atoms with Gasteiger partial charge in [-0.05, 0) is 69.1 Å². The van der Waals surface area contributed by atoms with Crippen LogP contribution in [0.5, 0.6) is 5.75 Å². The van der Waals surface area contributed by atoms with Crippen molar-refractivity contribution in [1.29, 1.82) is 0 Å². The van der Waals surface area contributed by atoms with Crippen LogP contribution in [0.3, 0.4) is 0 Å². The maximum absolute atomic E-state index is 12.6. The molecule has 5 heteroatoms. The molecule has 1 saturated carbocycles. The van der Waals surface area contributed by atoms with E-state index in [1.165, 1.54) is 17.5 Å².